The van der Waals surface area contributed by atoms with Gasteiger partial charge in [0, 0.05) is 12.2 Å². The van der Waals surface area contributed by atoms with Crippen molar-refractivity contribution in [3.8, 4) is 5.75 Å². The number of benzene rings is 2. The van der Waals surface area contributed by atoms with Gasteiger partial charge in [-0.3, -0.25) is 9.36 Å². The number of ether oxygens (including phenoxy) is 2. The number of hydrogen-bond acceptors (Lipinski definition) is 7. The van der Waals surface area contributed by atoms with Crippen LogP contribution in [-0.4, -0.2) is 39.0 Å². The molecule has 0 aliphatic rings. The number of carbonyl (C=O) groups excluding carboxylic acids is 2. The lowest BCUT2D eigenvalue weighted by molar-refractivity contribution is -0.113. The van der Waals surface area contributed by atoms with Crippen molar-refractivity contribution >= 4 is 29.3 Å². The van der Waals surface area contributed by atoms with Crippen molar-refractivity contribution in [2.45, 2.75) is 39.1 Å². The first-order valence-corrected chi connectivity index (χ1v) is 11.8. The minimum Gasteiger partial charge on any atom is -0.485 e. The topological polar surface area (TPSA) is 95.3 Å². The van der Waals surface area contributed by atoms with Crippen LogP contribution in [0.1, 0.15) is 34.2 Å². The number of allylic oxidation sites excluding steroid dienone is 1. The van der Waals surface area contributed by atoms with Crippen LogP contribution in [0.4, 0.5) is 5.69 Å². The highest BCUT2D eigenvalue weighted by Gasteiger charge is 2.15. The molecule has 0 aliphatic heterocycles. The van der Waals surface area contributed by atoms with Crippen LogP contribution in [-0.2, 0) is 22.7 Å². The normalized spacial score (nSPS) is 10.6. The molecule has 3 rings (SSSR count). The summed E-state index contributed by atoms with van der Waals surface area (Å²) in [5.74, 6) is 1.01. The molecule has 34 heavy (non-hydrogen) atoms. The predicted octanol–water partition coefficient (Wildman–Crippen LogP) is 4.57. The second-order valence-corrected chi connectivity index (χ2v) is 8.43. The second-order valence-electron chi connectivity index (χ2n) is 7.49. The maximum atomic E-state index is 12.4. The number of thioether (sulfide) groups is 1. The zero-order valence-corrected chi connectivity index (χ0v) is 20.4. The van der Waals surface area contributed by atoms with Gasteiger partial charge in [-0.2, -0.15) is 0 Å². The molecule has 2 aromatic carbocycles. The number of esters is 1. The number of anilines is 1. The van der Waals surface area contributed by atoms with Crippen molar-refractivity contribution in [3.63, 3.8) is 0 Å². The van der Waals surface area contributed by atoms with Crippen molar-refractivity contribution in [1.82, 2.24) is 14.8 Å². The summed E-state index contributed by atoms with van der Waals surface area (Å²) >= 11 is 1.28. The minimum absolute atomic E-state index is 0.146. The van der Waals surface area contributed by atoms with E-state index in [1.807, 2.05) is 36.6 Å². The van der Waals surface area contributed by atoms with Crippen molar-refractivity contribution in [3.05, 3.63) is 77.6 Å². The lowest BCUT2D eigenvalue weighted by atomic mass is 10.1. The second kappa shape index (κ2) is 12.0. The number of hydrogen-bond donors (Lipinski definition) is 1. The Morgan fingerprint density at radius 1 is 1.15 bits per heavy atom. The molecule has 0 spiro atoms. The zero-order chi connectivity index (χ0) is 24.5. The number of carbonyl (C=O) groups is 2. The highest BCUT2D eigenvalue weighted by atomic mass is 32.2. The Hall–Kier alpha value is -3.59. The molecule has 1 aromatic heterocycles. The molecular weight excluding hydrogens is 452 g/mol. The predicted molar refractivity (Wildman–Crippen MR) is 132 cm³/mol. The Bertz CT molecular complexity index is 1160. The molecule has 0 saturated carbocycles. The first-order chi connectivity index (χ1) is 16.4. The molecule has 3 aromatic rings. The monoisotopic (exact) mass is 480 g/mol. The van der Waals surface area contributed by atoms with Gasteiger partial charge in [-0.1, -0.05) is 30.0 Å². The van der Waals surface area contributed by atoms with E-state index in [1.165, 1.54) is 11.8 Å². The van der Waals surface area contributed by atoms with Gasteiger partial charge in [0.15, 0.2) is 11.0 Å². The Labute approximate surface area is 203 Å². The van der Waals surface area contributed by atoms with E-state index >= 15 is 0 Å². The minimum atomic E-state index is -0.394. The number of amides is 1. The van der Waals surface area contributed by atoms with Crippen LogP contribution in [0.2, 0.25) is 0 Å². The third kappa shape index (κ3) is 6.71. The van der Waals surface area contributed by atoms with E-state index in [-0.39, 0.29) is 18.3 Å². The average molecular weight is 481 g/mol. The van der Waals surface area contributed by atoms with Crippen molar-refractivity contribution in [2.75, 3.05) is 17.7 Å². The van der Waals surface area contributed by atoms with Crippen LogP contribution in [0, 0.1) is 13.8 Å². The fourth-order valence-electron chi connectivity index (χ4n) is 3.08. The SMILES string of the molecule is C=CCn1c(COc2cc(C)ccc2C)nnc1SCC(=O)Nc1ccc(C(=O)OCC)cc1. The van der Waals surface area contributed by atoms with Gasteiger partial charge in [0.2, 0.25) is 5.91 Å². The van der Waals surface area contributed by atoms with Gasteiger partial charge in [0.1, 0.15) is 12.4 Å². The molecule has 178 valence electrons. The summed E-state index contributed by atoms with van der Waals surface area (Å²) in [5, 5.41) is 11.9. The number of aromatic nitrogens is 3. The summed E-state index contributed by atoms with van der Waals surface area (Å²) in [7, 11) is 0. The summed E-state index contributed by atoms with van der Waals surface area (Å²) in [6.07, 6.45) is 1.75. The van der Waals surface area contributed by atoms with Crippen molar-refractivity contribution in [1.29, 1.82) is 0 Å². The number of aryl methyl sites for hydroxylation is 2. The van der Waals surface area contributed by atoms with Crippen LogP contribution in [0.15, 0.2) is 60.3 Å². The molecule has 0 saturated heterocycles. The van der Waals surface area contributed by atoms with Crippen LogP contribution >= 0.6 is 11.8 Å². The number of nitrogens with one attached hydrogen (secondary N) is 1. The average Bonchev–Trinajstić information content (AvgIpc) is 3.20. The van der Waals surface area contributed by atoms with Crippen molar-refractivity contribution < 1.29 is 19.1 Å². The molecule has 1 N–H and O–H groups in total. The van der Waals surface area contributed by atoms with E-state index in [1.54, 1.807) is 37.3 Å². The van der Waals surface area contributed by atoms with Gasteiger partial charge in [-0.15, -0.1) is 16.8 Å². The quantitative estimate of drug-likeness (QED) is 0.244. The Balaban J connectivity index is 1.59. The Kier molecular flexibility index (Phi) is 8.86. The molecule has 9 heteroatoms. The lowest BCUT2D eigenvalue weighted by Gasteiger charge is -2.11. The molecule has 0 radical (unpaired) electrons. The molecule has 0 unspecified atom stereocenters. The smallest absolute Gasteiger partial charge is 0.338 e. The number of nitrogens with zero attached hydrogens (tertiary/aromatic N) is 3. The van der Waals surface area contributed by atoms with E-state index < -0.39 is 5.97 Å². The number of rotatable bonds is 11. The van der Waals surface area contributed by atoms with Gasteiger partial charge in [-0.25, -0.2) is 4.79 Å². The van der Waals surface area contributed by atoms with Crippen molar-refractivity contribution in [2.24, 2.45) is 0 Å². The van der Waals surface area contributed by atoms with E-state index in [2.05, 4.69) is 22.1 Å². The van der Waals surface area contributed by atoms with Gasteiger partial charge >= 0.3 is 5.97 Å². The first-order valence-electron chi connectivity index (χ1n) is 10.8. The van der Waals surface area contributed by atoms with E-state index in [0.717, 1.165) is 16.9 Å². The highest BCUT2D eigenvalue weighted by molar-refractivity contribution is 7.99. The third-order valence-electron chi connectivity index (χ3n) is 4.82. The summed E-state index contributed by atoms with van der Waals surface area (Å²) < 4.78 is 12.8. The van der Waals surface area contributed by atoms with E-state index in [0.29, 0.717) is 35.4 Å². The van der Waals surface area contributed by atoms with Crippen LogP contribution < -0.4 is 10.1 Å². The van der Waals surface area contributed by atoms with Gasteiger partial charge in [-0.05, 0) is 62.2 Å². The summed E-state index contributed by atoms with van der Waals surface area (Å²) in [6, 6.07) is 12.6. The molecule has 1 amide bonds. The standard InChI is InChI=1S/C25H28N4O4S/c1-5-13-29-22(15-33-21-14-17(3)7-8-18(21)4)27-28-25(29)34-16-23(30)26-20-11-9-19(10-12-20)24(31)32-6-2/h5,7-12,14H,1,6,13,15-16H2,2-4H3,(H,26,30). The summed E-state index contributed by atoms with van der Waals surface area (Å²) in [5.41, 5.74) is 3.18. The van der Waals surface area contributed by atoms with Crippen LogP contribution in [0.3, 0.4) is 0 Å². The Morgan fingerprint density at radius 3 is 2.62 bits per heavy atom. The fourth-order valence-corrected chi connectivity index (χ4v) is 3.85. The fraction of sp³-hybridized carbons (Fsp3) is 0.280. The Morgan fingerprint density at radius 2 is 1.91 bits per heavy atom. The molecule has 0 bridgehead atoms. The molecule has 0 atom stereocenters. The third-order valence-corrected chi connectivity index (χ3v) is 5.78. The van der Waals surface area contributed by atoms with Gasteiger partial charge in [0.25, 0.3) is 0 Å². The lowest BCUT2D eigenvalue weighted by Crippen LogP contribution is -2.15. The van der Waals surface area contributed by atoms with E-state index in [9.17, 15) is 9.59 Å². The molecule has 8 nitrogen and oxygen atoms in total. The van der Waals surface area contributed by atoms with Crippen LogP contribution in [0.5, 0.6) is 5.75 Å². The molecule has 0 fully saturated rings. The van der Waals surface area contributed by atoms with E-state index in [4.69, 9.17) is 9.47 Å². The maximum absolute atomic E-state index is 12.4. The molecular formula is C25H28N4O4S. The highest BCUT2D eigenvalue weighted by Crippen LogP contribution is 2.22. The summed E-state index contributed by atoms with van der Waals surface area (Å²) in [4.78, 5) is 24.2. The largest absolute Gasteiger partial charge is 0.485 e. The van der Waals surface area contributed by atoms with Crippen LogP contribution in [0.25, 0.3) is 0 Å². The zero-order valence-electron chi connectivity index (χ0n) is 19.5. The molecule has 1 heterocycles. The van der Waals surface area contributed by atoms with Gasteiger partial charge < -0.3 is 14.8 Å². The molecule has 0 aliphatic carbocycles. The first kappa shape index (κ1) is 25.0. The summed E-state index contributed by atoms with van der Waals surface area (Å²) in [6.45, 7) is 10.6. The maximum Gasteiger partial charge on any atom is 0.338 e. The van der Waals surface area contributed by atoms with Gasteiger partial charge in [0.05, 0.1) is 17.9 Å².